The molecule has 6 N–H and O–H groups in total. The van der Waals surface area contributed by atoms with Crippen LogP contribution in [0, 0.1) is 17.1 Å². The third-order valence-electron chi connectivity index (χ3n) is 7.96. The van der Waals surface area contributed by atoms with Gasteiger partial charge in [0.25, 0.3) is 0 Å². The molecule has 1 aliphatic rings. The molecule has 10 nitrogen and oxygen atoms in total. The van der Waals surface area contributed by atoms with Crippen LogP contribution < -0.4 is 27.2 Å². The second kappa shape index (κ2) is 13.5. The predicted octanol–water partition coefficient (Wildman–Crippen LogP) is 6.34. The van der Waals surface area contributed by atoms with E-state index >= 15 is 0 Å². The lowest BCUT2D eigenvalue weighted by atomic mass is 9.98. The molecule has 0 bridgehead atoms. The third kappa shape index (κ3) is 7.43. The second-order valence-electron chi connectivity index (χ2n) is 12.2. The first-order valence-corrected chi connectivity index (χ1v) is 15.4. The van der Waals surface area contributed by atoms with E-state index in [1.54, 1.807) is 18.5 Å². The third-order valence-corrected chi connectivity index (χ3v) is 8.54. The zero-order valence-electron chi connectivity index (χ0n) is 25.6. The molecular weight excluding hydrogens is 614 g/mol. The molecule has 2 aromatic heterocycles. The van der Waals surface area contributed by atoms with E-state index in [-0.39, 0.29) is 16.1 Å². The number of nitriles is 1. The molecule has 3 heterocycles. The first-order valence-electron chi connectivity index (χ1n) is 14.6. The van der Waals surface area contributed by atoms with Gasteiger partial charge in [-0.1, -0.05) is 23.2 Å². The molecule has 0 aliphatic carbocycles. The minimum absolute atomic E-state index is 0.0440. The van der Waals surface area contributed by atoms with E-state index in [1.807, 2.05) is 30.1 Å². The molecule has 45 heavy (non-hydrogen) atoms. The largest absolute Gasteiger partial charge is 0.387 e. The predicted molar refractivity (Wildman–Crippen MR) is 179 cm³/mol. The summed E-state index contributed by atoms with van der Waals surface area (Å²) in [6.45, 7) is 8.75. The number of nitrogens with one attached hydrogen (secondary N) is 4. The zero-order chi connectivity index (χ0) is 32.3. The number of benzene rings is 2. The first kappa shape index (κ1) is 32.3. The van der Waals surface area contributed by atoms with Gasteiger partial charge in [-0.3, -0.25) is 15.7 Å². The van der Waals surface area contributed by atoms with Crippen LogP contribution in [0.4, 0.5) is 21.5 Å². The molecule has 5 rings (SSSR count). The highest BCUT2D eigenvalue weighted by Gasteiger charge is 2.27. The first-order chi connectivity index (χ1) is 21.5. The lowest BCUT2D eigenvalue weighted by Gasteiger charge is -2.41. The van der Waals surface area contributed by atoms with Gasteiger partial charge in [0, 0.05) is 67.1 Å². The second-order valence-corrected chi connectivity index (χ2v) is 13.0. The summed E-state index contributed by atoms with van der Waals surface area (Å²) in [7, 11) is 1.90. The summed E-state index contributed by atoms with van der Waals surface area (Å²) in [6.07, 6.45) is 9.01. The quantitative estimate of drug-likeness (QED) is 0.104. The van der Waals surface area contributed by atoms with Crippen molar-refractivity contribution in [2.45, 2.75) is 51.2 Å². The highest BCUT2D eigenvalue weighted by Crippen LogP contribution is 2.37. The summed E-state index contributed by atoms with van der Waals surface area (Å²) < 4.78 is 15.7. The molecule has 1 fully saturated rings. The van der Waals surface area contributed by atoms with E-state index in [0.29, 0.717) is 44.7 Å². The van der Waals surface area contributed by atoms with Gasteiger partial charge in [0.05, 0.1) is 44.5 Å². The Morgan fingerprint density at radius 1 is 1.13 bits per heavy atom. The average molecular weight is 652 g/mol. The lowest BCUT2D eigenvalue weighted by Crippen LogP contribution is -2.49. The van der Waals surface area contributed by atoms with E-state index in [1.165, 1.54) is 18.3 Å². The number of nitrogens with two attached hydrogens (primary N) is 1. The number of hydrogen-bond donors (Lipinski definition) is 5. The van der Waals surface area contributed by atoms with Crippen molar-refractivity contribution in [3.63, 3.8) is 0 Å². The Hall–Kier alpha value is -4.08. The van der Waals surface area contributed by atoms with Gasteiger partial charge in [0.1, 0.15) is 17.9 Å². The fourth-order valence-electron chi connectivity index (χ4n) is 5.47. The Balaban J connectivity index is 1.48. The van der Waals surface area contributed by atoms with Crippen molar-refractivity contribution in [3.8, 4) is 6.07 Å². The molecule has 4 aromatic rings. The molecule has 0 radical (unpaired) electrons. The Kier molecular flexibility index (Phi) is 9.70. The monoisotopic (exact) mass is 650 g/mol. The summed E-state index contributed by atoms with van der Waals surface area (Å²) >= 11 is 12.8. The number of fused-ring (bicyclic) bond motifs is 1. The average Bonchev–Trinajstić information content (AvgIpc) is 3.44. The maximum atomic E-state index is 13.8. The number of pyridine rings is 1. The summed E-state index contributed by atoms with van der Waals surface area (Å²) in [6, 6.07) is 9.86. The van der Waals surface area contributed by atoms with Crippen molar-refractivity contribution >= 4 is 51.2 Å². The van der Waals surface area contributed by atoms with Crippen LogP contribution in [-0.4, -0.2) is 44.1 Å². The maximum Gasteiger partial charge on any atom is 0.141 e. The minimum atomic E-state index is -0.542. The van der Waals surface area contributed by atoms with Crippen LogP contribution in [-0.2, 0) is 7.05 Å². The van der Waals surface area contributed by atoms with Gasteiger partial charge < -0.3 is 25.9 Å². The van der Waals surface area contributed by atoms with Crippen molar-refractivity contribution < 1.29 is 4.39 Å². The number of rotatable bonds is 9. The van der Waals surface area contributed by atoms with Crippen molar-refractivity contribution in [2.75, 3.05) is 23.7 Å². The van der Waals surface area contributed by atoms with Crippen LogP contribution in [0.1, 0.15) is 50.9 Å². The smallest absolute Gasteiger partial charge is 0.141 e. The molecule has 1 saturated heterocycles. The number of hydrazine groups is 1. The lowest BCUT2D eigenvalue weighted by molar-refractivity contribution is 0.0988. The van der Waals surface area contributed by atoms with Crippen LogP contribution in [0.3, 0.4) is 0 Å². The molecule has 236 valence electrons. The van der Waals surface area contributed by atoms with Crippen LogP contribution in [0.5, 0.6) is 0 Å². The summed E-state index contributed by atoms with van der Waals surface area (Å²) in [4.78, 5) is 11.5. The standard InChI is InChI=1S/C32H37Cl2FN10/c1-32(2,3)45-9-7-20(8-10-45)38-16-27(43-37)31(28-17-44(4)18-40-28)42-22-11-23-29(41-21-5-6-26(35)24(33)12-21)19(14-36)15-39-30(23)25(34)13-22/h5-6,11-13,15-18,20,31,38,42-43H,7-10,37H2,1-4H3,(H,39,41)/b27-16-/t31-/m1/s1. The minimum Gasteiger partial charge on any atom is -0.387 e. The Morgan fingerprint density at radius 3 is 2.49 bits per heavy atom. The van der Waals surface area contributed by atoms with E-state index < -0.39 is 11.9 Å². The topological polar surface area (TPSA) is 132 Å². The molecule has 0 unspecified atom stereocenters. The number of aromatic nitrogens is 3. The van der Waals surface area contributed by atoms with Crippen molar-refractivity contribution in [1.82, 2.24) is 30.2 Å². The van der Waals surface area contributed by atoms with Gasteiger partial charge in [-0.2, -0.15) is 5.26 Å². The number of nitrogens with zero attached hydrogens (tertiary/aromatic N) is 5. The SMILES string of the molecule is Cn1cnc([C@H](Nc2cc(Cl)c3ncc(C#N)c(Nc4ccc(F)c(Cl)c4)c3c2)/C(=C/NC2CCN(C(C)(C)C)CC2)NN)c1. The summed E-state index contributed by atoms with van der Waals surface area (Å²) in [5.41, 5.74) is 6.77. The molecular formula is C32H37Cl2FN10. The van der Waals surface area contributed by atoms with E-state index in [9.17, 15) is 9.65 Å². The molecule has 13 heteroatoms. The van der Waals surface area contributed by atoms with Crippen LogP contribution in [0.2, 0.25) is 10.0 Å². The van der Waals surface area contributed by atoms with Crippen molar-refractivity contribution in [3.05, 3.63) is 88.1 Å². The zero-order valence-corrected chi connectivity index (χ0v) is 27.1. The Labute approximate surface area is 272 Å². The fourth-order valence-corrected chi connectivity index (χ4v) is 5.92. The number of hydrogen-bond acceptors (Lipinski definition) is 9. The highest BCUT2D eigenvalue weighted by molar-refractivity contribution is 6.36. The maximum absolute atomic E-state index is 13.8. The molecule has 1 aliphatic heterocycles. The van der Waals surface area contributed by atoms with Crippen LogP contribution in [0.15, 0.2) is 60.9 Å². The van der Waals surface area contributed by atoms with Gasteiger partial charge in [-0.05, 0) is 63.9 Å². The Morgan fingerprint density at radius 2 is 1.87 bits per heavy atom. The molecule has 0 spiro atoms. The number of halogens is 3. The normalized spacial score (nSPS) is 15.5. The molecule has 0 saturated carbocycles. The summed E-state index contributed by atoms with van der Waals surface area (Å²) in [5, 5.41) is 21.1. The molecule has 2 aromatic carbocycles. The number of imidazole rings is 1. The van der Waals surface area contributed by atoms with Crippen molar-refractivity contribution in [1.29, 1.82) is 5.26 Å². The van der Waals surface area contributed by atoms with E-state index in [4.69, 9.17) is 29.0 Å². The Bertz CT molecular complexity index is 1750. The van der Waals surface area contributed by atoms with Gasteiger partial charge in [-0.15, -0.1) is 0 Å². The van der Waals surface area contributed by atoms with Gasteiger partial charge in [0.15, 0.2) is 0 Å². The number of piperidine rings is 1. The van der Waals surface area contributed by atoms with E-state index in [2.05, 4.69) is 63.1 Å². The van der Waals surface area contributed by atoms with Crippen LogP contribution >= 0.6 is 23.2 Å². The number of anilines is 3. The van der Waals surface area contributed by atoms with E-state index in [0.717, 1.165) is 31.6 Å². The van der Waals surface area contributed by atoms with Crippen LogP contribution in [0.25, 0.3) is 10.9 Å². The number of likely N-dealkylation sites (tertiary alicyclic amines) is 1. The fraction of sp³-hybridized carbons (Fsp3) is 0.344. The van der Waals surface area contributed by atoms with Gasteiger partial charge in [-0.25, -0.2) is 9.37 Å². The van der Waals surface area contributed by atoms with Gasteiger partial charge in [0.2, 0.25) is 0 Å². The molecule has 1 atom stereocenters. The highest BCUT2D eigenvalue weighted by atomic mass is 35.5. The molecule has 0 amide bonds. The summed E-state index contributed by atoms with van der Waals surface area (Å²) in [5.74, 6) is 5.55. The number of aryl methyl sites for hydroxylation is 1. The van der Waals surface area contributed by atoms with Crippen molar-refractivity contribution in [2.24, 2.45) is 12.9 Å². The van der Waals surface area contributed by atoms with Gasteiger partial charge >= 0.3 is 0 Å².